The lowest BCUT2D eigenvalue weighted by atomic mass is 10.3. The number of hydrogen-bond acceptors (Lipinski definition) is 5. The zero-order valence-electron chi connectivity index (χ0n) is 8.91. The van der Waals surface area contributed by atoms with E-state index in [-0.39, 0.29) is 12.3 Å². The molecule has 0 radical (unpaired) electrons. The number of ether oxygens (including phenoxy) is 1. The molecule has 7 heteroatoms. The topological polar surface area (TPSA) is 74.2 Å². The van der Waals surface area contributed by atoms with E-state index in [1.807, 2.05) is 0 Å². The van der Waals surface area contributed by atoms with Crippen molar-refractivity contribution in [1.82, 2.24) is 10.3 Å². The number of aromatic nitrogens is 2. The molecule has 2 rings (SSSR count). The number of nitrogens with zero attached hydrogens (tertiary/aromatic N) is 2. The third-order valence-electron chi connectivity index (χ3n) is 2.14. The highest BCUT2D eigenvalue weighted by Gasteiger charge is 2.11. The van der Waals surface area contributed by atoms with Gasteiger partial charge in [0.2, 0.25) is 0 Å². The van der Waals surface area contributed by atoms with Gasteiger partial charge in [0.15, 0.2) is 5.75 Å². The quantitative estimate of drug-likeness (QED) is 0.881. The summed E-state index contributed by atoms with van der Waals surface area (Å²) in [6, 6.07) is 2.47. The first-order chi connectivity index (χ1) is 8.08. The summed E-state index contributed by atoms with van der Waals surface area (Å²) in [5, 5.41) is 7.29. The van der Waals surface area contributed by atoms with Crippen LogP contribution in [0.5, 0.6) is 5.75 Å². The molecule has 0 fully saturated rings. The fraction of sp³-hybridized carbons (Fsp3) is 0.200. The molecule has 17 heavy (non-hydrogen) atoms. The van der Waals surface area contributed by atoms with Crippen LogP contribution in [-0.2, 0) is 6.61 Å². The smallest absolute Gasteiger partial charge is 0.157 e. The highest BCUT2D eigenvalue weighted by Crippen LogP contribution is 2.32. The summed E-state index contributed by atoms with van der Waals surface area (Å²) in [6.07, 6.45) is 0. The Morgan fingerprint density at radius 1 is 1.47 bits per heavy atom. The van der Waals surface area contributed by atoms with E-state index in [1.165, 1.54) is 12.1 Å². The average molecular weight is 302 g/mol. The summed E-state index contributed by atoms with van der Waals surface area (Å²) < 4.78 is 23.4. The molecule has 0 saturated heterocycles. The standard InChI is InChI=1S/C10H9BrFN3O2/c1-5-9(15-17-14-5)4-16-10-7(11)2-6(12)3-8(10)13/h2-3H,4,13H2,1H3. The van der Waals surface area contributed by atoms with E-state index in [1.54, 1.807) is 6.92 Å². The van der Waals surface area contributed by atoms with Gasteiger partial charge in [-0.25, -0.2) is 9.02 Å². The summed E-state index contributed by atoms with van der Waals surface area (Å²) in [5.74, 6) is -0.0604. The molecule has 0 aliphatic heterocycles. The molecule has 2 aromatic rings. The largest absolute Gasteiger partial charge is 0.484 e. The first-order valence-corrected chi connectivity index (χ1v) is 5.52. The fourth-order valence-electron chi connectivity index (χ4n) is 1.25. The van der Waals surface area contributed by atoms with Crippen molar-refractivity contribution in [2.24, 2.45) is 0 Å². The second-order valence-electron chi connectivity index (χ2n) is 3.39. The second-order valence-corrected chi connectivity index (χ2v) is 4.25. The number of halogens is 2. The molecule has 0 atom stereocenters. The van der Waals surface area contributed by atoms with Crippen LogP contribution in [0.4, 0.5) is 10.1 Å². The molecular weight excluding hydrogens is 293 g/mol. The van der Waals surface area contributed by atoms with Crippen molar-refractivity contribution in [2.75, 3.05) is 5.73 Å². The zero-order chi connectivity index (χ0) is 12.4. The number of anilines is 1. The van der Waals surface area contributed by atoms with Crippen LogP contribution in [-0.4, -0.2) is 10.3 Å². The van der Waals surface area contributed by atoms with Gasteiger partial charge in [-0.2, -0.15) is 0 Å². The van der Waals surface area contributed by atoms with Crippen molar-refractivity contribution < 1.29 is 13.8 Å². The lowest BCUT2D eigenvalue weighted by molar-refractivity contribution is 0.270. The van der Waals surface area contributed by atoms with E-state index in [2.05, 4.69) is 30.9 Å². The van der Waals surface area contributed by atoms with Gasteiger partial charge in [0.1, 0.15) is 23.8 Å². The first-order valence-electron chi connectivity index (χ1n) is 4.73. The number of nitrogen functional groups attached to an aromatic ring is 1. The van der Waals surface area contributed by atoms with Crippen LogP contribution >= 0.6 is 15.9 Å². The van der Waals surface area contributed by atoms with Crippen molar-refractivity contribution in [3.63, 3.8) is 0 Å². The van der Waals surface area contributed by atoms with Crippen molar-refractivity contribution in [3.05, 3.63) is 33.8 Å². The maximum absolute atomic E-state index is 13.0. The minimum Gasteiger partial charge on any atom is -0.484 e. The summed E-state index contributed by atoms with van der Waals surface area (Å²) in [5.41, 5.74) is 7.07. The van der Waals surface area contributed by atoms with Gasteiger partial charge in [0.25, 0.3) is 0 Å². The van der Waals surface area contributed by atoms with Crippen LogP contribution in [0.15, 0.2) is 21.2 Å². The van der Waals surface area contributed by atoms with E-state index in [4.69, 9.17) is 10.5 Å². The lowest BCUT2D eigenvalue weighted by Gasteiger charge is -2.09. The van der Waals surface area contributed by atoms with E-state index in [0.717, 1.165) is 0 Å². The SMILES string of the molecule is Cc1nonc1COc1c(N)cc(F)cc1Br. The summed E-state index contributed by atoms with van der Waals surface area (Å²) in [7, 11) is 0. The number of nitrogens with two attached hydrogens (primary N) is 1. The van der Waals surface area contributed by atoms with Crippen molar-refractivity contribution >= 4 is 21.6 Å². The Kier molecular flexibility index (Phi) is 3.28. The molecular formula is C10H9BrFN3O2. The van der Waals surface area contributed by atoms with Gasteiger partial charge >= 0.3 is 0 Å². The predicted octanol–water partition coefficient (Wildman–Crippen LogP) is 2.44. The van der Waals surface area contributed by atoms with Crippen molar-refractivity contribution in [3.8, 4) is 5.75 Å². The molecule has 0 bridgehead atoms. The maximum Gasteiger partial charge on any atom is 0.157 e. The van der Waals surface area contributed by atoms with Crippen molar-refractivity contribution in [1.29, 1.82) is 0 Å². The molecule has 90 valence electrons. The maximum atomic E-state index is 13.0. The Hall–Kier alpha value is -1.63. The van der Waals surface area contributed by atoms with Crippen LogP contribution in [0.2, 0.25) is 0 Å². The van der Waals surface area contributed by atoms with Crippen LogP contribution in [0.1, 0.15) is 11.4 Å². The van der Waals surface area contributed by atoms with E-state index in [0.29, 0.717) is 21.6 Å². The Balaban J connectivity index is 2.17. The zero-order valence-corrected chi connectivity index (χ0v) is 10.5. The van der Waals surface area contributed by atoms with Crippen LogP contribution in [0.3, 0.4) is 0 Å². The van der Waals surface area contributed by atoms with Gasteiger partial charge in [-0.05, 0) is 28.9 Å². The molecule has 0 aliphatic rings. The Morgan fingerprint density at radius 2 is 2.24 bits per heavy atom. The number of hydrogen-bond donors (Lipinski definition) is 1. The normalized spacial score (nSPS) is 10.5. The van der Waals surface area contributed by atoms with Gasteiger partial charge in [-0.15, -0.1) is 0 Å². The molecule has 5 nitrogen and oxygen atoms in total. The molecule has 2 N–H and O–H groups in total. The molecule has 0 aliphatic carbocycles. The molecule has 1 aromatic heterocycles. The molecule has 1 aromatic carbocycles. The monoisotopic (exact) mass is 301 g/mol. The van der Waals surface area contributed by atoms with Gasteiger partial charge in [0.05, 0.1) is 10.2 Å². The fourth-order valence-corrected chi connectivity index (χ4v) is 1.82. The second kappa shape index (κ2) is 4.70. The van der Waals surface area contributed by atoms with E-state index in [9.17, 15) is 4.39 Å². The Morgan fingerprint density at radius 3 is 2.82 bits per heavy atom. The third kappa shape index (κ3) is 2.55. The van der Waals surface area contributed by atoms with Crippen molar-refractivity contribution in [2.45, 2.75) is 13.5 Å². The minimum absolute atomic E-state index is 0.157. The van der Waals surface area contributed by atoms with E-state index < -0.39 is 5.82 Å². The Labute approximate surface area is 105 Å². The highest BCUT2D eigenvalue weighted by atomic mass is 79.9. The summed E-state index contributed by atoms with van der Waals surface area (Å²) >= 11 is 3.18. The molecule has 0 unspecified atom stereocenters. The number of aryl methyl sites for hydroxylation is 1. The molecule has 0 saturated carbocycles. The number of benzene rings is 1. The van der Waals surface area contributed by atoms with Gasteiger partial charge in [-0.1, -0.05) is 10.3 Å². The molecule has 0 spiro atoms. The van der Waals surface area contributed by atoms with Gasteiger partial charge in [-0.3, -0.25) is 0 Å². The summed E-state index contributed by atoms with van der Waals surface area (Å²) in [4.78, 5) is 0. The lowest BCUT2D eigenvalue weighted by Crippen LogP contribution is -2.01. The molecule has 0 amide bonds. The highest BCUT2D eigenvalue weighted by molar-refractivity contribution is 9.10. The predicted molar refractivity (Wildman–Crippen MR) is 61.9 cm³/mol. The van der Waals surface area contributed by atoms with E-state index >= 15 is 0 Å². The third-order valence-corrected chi connectivity index (χ3v) is 2.73. The van der Waals surface area contributed by atoms with Gasteiger partial charge in [0, 0.05) is 6.07 Å². The minimum atomic E-state index is -0.430. The first kappa shape index (κ1) is 11.8. The Bertz CT molecular complexity index is 521. The van der Waals surface area contributed by atoms with Crippen LogP contribution < -0.4 is 10.5 Å². The average Bonchev–Trinajstić information content (AvgIpc) is 2.62. The molecule has 1 heterocycles. The van der Waals surface area contributed by atoms with Gasteiger partial charge < -0.3 is 10.5 Å². The van der Waals surface area contributed by atoms with Crippen LogP contribution in [0.25, 0.3) is 0 Å². The summed E-state index contributed by atoms with van der Waals surface area (Å²) in [6.45, 7) is 1.90. The van der Waals surface area contributed by atoms with Crippen LogP contribution in [0, 0.1) is 12.7 Å². The number of rotatable bonds is 3.